The SMILES string of the molecule is C=C1C(=O)OC2/C=C(\C)CCCCC12. The molecule has 0 aromatic heterocycles. The fourth-order valence-corrected chi connectivity index (χ4v) is 2.25. The van der Waals surface area contributed by atoms with Crippen LogP contribution >= 0.6 is 0 Å². The zero-order valence-electron chi connectivity index (χ0n) is 8.58. The molecular formula is C12H16O2. The van der Waals surface area contributed by atoms with Crippen LogP contribution in [-0.2, 0) is 9.53 Å². The molecule has 0 aromatic rings. The molecule has 2 nitrogen and oxygen atoms in total. The lowest BCUT2D eigenvalue weighted by molar-refractivity contribution is -0.137. The number of esters is 1. The van der Waals surface area contributed by atoms with Gasteiger partial charge < -0.3 is 4.74 Å². The Bertz CT molecular complexity index is 301. The summed E-state index contributed by atoms with van der Waals surface area (Å²) in [6.07, 6.45) is 6.62. The van der Waals surface area contributed by atoms with Crippen molar-refractivity contribution in [1.82, 2.24) is 0 Å². The highest BCUT2D eigenvalue weighted by molar-refractivity contribution is 5.91. The number of fused-ring (bicyclic) bond motifs is 1. The number of allylic oxidation sites excluding steroid dienone is 1. The first-order valence-corrected chi connectivity index (χ1v) is 5.25. The van der Waals surface area contributed by atoms with Gasteiger partial charge in [0.25, 0.3) is 0 Å². The van der Waals surface area contributed by atoms with Crippen molar-refractivity contribution in [2.24, 2.45) is 5.92 Å². The Morgan fingerprint density at radius 2 is 2.29 bits per heavy atom. The summed E-state index contributed by atoms with van der Waals surface area (Å²) in [6, 6.07) is 0. The van der Waals surface area contributed by atoms with Crippen LogP contribution in [0.3, 0.4) is 0 Å². The number of hydrogen-bond acceptors (Lipinski definition) is 2. The fourth-order valence-electron chi connectivity index (χ4n) is 2.25. The van der Waals surface area contributed by atoms with Gasteiger partial charge >= 0.3 is 5.97 Å². The van der Waals surface area contributed by atoms with E-state index in [2.05, 4.69) is 19.6 Å². The maximum Gasteiger partial charge on any atom is 0.334 e. The van der Waals surface area contributed by atoms with E-state index in [1.165, 1.54) is 18.4 Å². The highest BCUT2D eigenvalue weighted by atomic mass is 16.5. The molecule has 1 saturated heterocycles. The Kier molecular flexibility index (Phi) is 2.44. The maximum atomic E-state index is 11.3. The Hall–Kier alpha value is -1.05. The first kappa shape index (κ1) is 9.50. The zero-order chi connectivity index (χ0) is 10.1. The molecule has 76 valence electrons. The second-order valence-electron chi connectivity index (χ2n) is 4.26. The Balaban J connectivity index is 2.24. The monoisotopic (exact) mass is 192 g/mol. The van der Waals surface area contributed by atoms with Crippen LogP contribution in [0.4, 0.5) is 0 Å². The van der Waals surface area contributed by atoms with Gasteiger partial charge in [-0.3, -0.25) is 0 Å². The van der Waals surface area contributed by atoms with E-state index in [1.807, 2.05) is 0 Å². The lowest BCUT2D eigenvalue weighted by Gasteiger charge is -2.18. The second kappa shape index (κ2) is 3.60. The van der Waals surface area contributed by atoms with Crippen molar-refractivity contribution in [1.29, 1.82) is 0 Å². The first-order chi connectivity index (χ1) is 6.68. The van der Waals surface area contributed by atoms with Crippen LogP contribution in [-0.4, -0.2) is 12.1 Å². The molecule has 0 spiro atoms. The summed E-state index contributed by atoms with van der Waals surface area (Å²) < 4.78 is 5.27. The molecule has 2 heteroatoms. The molecule has 2 unspecified atom stereocenters. The van der Waals surface area contributed by atoms with E-state index in [9.17, 15) is 4.79 Å². The van der Waals surface area contributed by atoms with Gasteiger partial charge in [-0.05, 0) is 32.3 Å². The molecular weight excluding hydrogens is 176 g/mol. The van der Waals surface area contributed by atoms with Crippen molar-refractivity contribution >= 4 is 5.97 Å². The maximum absolute atomic E-state index is 11.3. The van der Waals surface area contributed by atoms with Gasteiger partial charge in [0.2, 0.25) is 0 Å². The number of carbonyl (C=O) groups excluding carboxylic acids is 1. The third-order valence-corrected chi connectivity index (χ3v) is 3.13. The quantitative estimate of drug-likeness (QED) is 0.335. The number of hydrogen-bond donors (Lipinski definition) is 0. The van der Waals surface area contributed by atoms with Crippen LogP contribution in [0.2, 0.25) is 0 Å². The Labute approximate surface area is 84.6 Å². The van der Waals surface area contributed by atoms with Crippen molar-refractivity contribution in [3.8, 4) is 0 Å². The molecule has 1 aliphatic heterocycles. The van der Waals surface area contributed by atoms with E-state index in [0.29, 0.717) is 5.57 Å². The molecule has 1 aliphatic carbocycles. The van der Waals surface area contributed by atoms with Crippen LogP contribution in [0.5, 0.6) is 0 Å². The van der Waals surface area contributed by atoms with Gasteiger partial charge in [-0.1, -0.05) is 18.6 Å². The smallest absolute Gasteiger partial charge is 0.334 e. The van der Waals surface area contributed by atoms with Crippen molar-refractivity contribution in [3.05, 3.63) is 23.8 Å². The molecule has 2 rings (SSSR count). The first-order valence-electron chi connectivity index (χ1n) is 5.25. The highest BCUT2D eigenvalue weighted by Crippen LogP contribution is 2.34. The average Bonchev–Trinajstić information content (AvgIpc) is 2.35. The van der Waals surface area contributed by atoms with E-state index < -0.39 is 0 Å². The van der Waals surface area contributed by atoms with E-state index >= 15 is 0 Å². The summed E-state index contributed by atoms with van der Waals surface area (Å²) in [4.78, 5) is 11.3. The van der Waals surface area contributed by atoms with Crippen LogP contribution in [0.1, 0.15) is 32.6 Å². The third kappa shape index (κ3) is 1.61. The molecule has 0 radical (unpaired) electrons. The molecule has 1 fully saturated rings. The van der Waals surface area contributed by atoms with Crippen molar-refractivity contribution in [2.75, 3.05) is 0 Å². The van der Waals surface area contributed by atoms with Crippen LogP contribution in [0, 0.1) is 5.92 Å². The van der Waals surface area contributed by atoms with Gasteiger partial charge in [0, 0.05) is 11.5 Å². The normalized spacial score (nSPS) is 36.5. The standard InChI is InChI=1S/C12H16O2/c1-8-5-3-4-6-10-9(2)12(13)14-11(10)7-8/h7,10-11H,2-6H2,1H3/b8-7+. The summed E-state index contributed by atoms with van der Waals surface area (Å²) in [6.45, 7) is 5.92. The fraction of sp³-hybridized carbons (Fsp3) is 0.583. The summed E-state index contributed by atoms with van der Waals surface area (Å²) in [7, 11) is 0. The van der Waals surface area contributed by atoms with Gasteiger partial charge in [-0.2, -0.15) is 0 Å². The molecule has 0 amide bonds. The Morgan fingerprint density at radius 1 is 1.50 bits per heavy atom. The van der Waals surface area contributed by atoms with Crippen LogP contribution < -0.4 is 0 Å². The van der Waals surface area contributed by atoms with Crippen molar-refractivity contribution in [2.45, 2.75) is 38.7 Å². The molecule has 1 heterocycles. The number of carbonyl (C=O) groups is 1. The lowest BCUT2D eigenvalue weighted by atomic mass is 9.87. The summed E-state index contributed by atoms with van der Waals surface area (Å²) in [5.41, 5.74) is 2.00. The molecule has 0 saturated carbocycles. The topological polar surface area (TPSA) is 26.3 Å². The molecule has 14 heavy (non-hydrogen) atoms. The average molecular weight is 192 g/mol. The minimum Gasteiger partial charge on any atom is -0.454 e. The van der Waals surface area contributed by atoms with Crippen LogP contribution in [0.25, 0.3) is 0 Å². The van der Waals surface area contributed by atoms with E-state index in [4.69, 9.17) is 4.74 Å². The third-order valence-electron chi connectivity index (χ3n) is 3.13. The number of ether oxygens (including phenoxy) is 1. The summed E-state index contributed by atoms with van der Waals surface area (Å²) in [5, 5.41) is 0. The highest BCUT2D eigenvalue weighted by Gasteiger charge is 2.37. The van der Waals surface area contributed by atoms with Crippen molar-refractivity contribution in [3.63, 3.8) is 0 Å². The Morgan fingerprint density at radius 3 is 3.07 bits per heavy atom. The van der Waals surface area contributed by atoms with Gasteiger partial charge in [-0.15, -0.1) is 0 Å². The molecule has 2 aliphatic rings. The van der Waals surface area contributed by atoms with E-state index in [1.54, 1.807) is 0 Å². The van der Waals surface area contributed by atoms with Gasteiger partial charge in [0.15, 0.2) is 0 Å². The molecule has 2 atom stereocenters. The summed E-state index contributed by atoms with van der Waals surface area (Å²) in [5.74, 6) is 0.0312. The summed E-state index contributed by atoms with van der Waals surface area (Å²) >= 11 is 0. The van der Waals surface area contributed by atoms with E-state index in [0.717, 1.165) is 12.8 Å². The second-order valence-corrected chi connectivity index (χ2v) is 4.26. The zero-order valence-corrected chi connectivity index (χ0v) is 8.58. The largest absolute Gasteiger partial charge is 0.454 e. The molecule has 0 aromatic carbocycles. The number of rotatable bonds is 0. The van der Waals surface area contributed by atoms with Gasteiger partial charge in [-0.25, -0.2) is 4.79 Å². The minimum atomic E-state index is -0.203. The van der Waals surface area contributed by atoms with Crippen molar-refractivity contribution < 1.29 is 9.53 Å². The molecule has 0 bridgehead atoms. The van der Waals surface area contributed by atoms with E-state index in [-0.39, 0.29) is 18.0 Å². The predicted octanol–water partition coefficient (Wildman–Crippen LogP) is 2.60. The lowest BCUT2D eigenvalue weighted by Crippen LogP contribution is -2.16. The molecule has 0 N–H and O–H groups in total. The minimum absolute atomic E-state index is 0.0321. The predicted molar refractivity (Wildman–Crippen MR) is 54.7 cm³/mol. The van der Waals surface area contributed by atoms with Gasteiger partial charge in [0.1, 0.15) is 6.10 Å². The van der Waals surface area contributed by atoms with Crippen LogP contribution in [0.15, 0.2) is 23.8 Å². The van der Waals surface area contributed by atoms with Gasteiger partial charge in [0.05, 0.1) is 0 Å².